The van der Waals surface area contributed by atoms with Gasteiger partial charge in [-0.3, -0.25) is 15.6 Å². The van der Waals surface area contributed by atoms with Gasteiger partial charge in [-0.2, -0.15) is 4.52 Å². The molecule has 0 aliphatic heterocycles. The molecule has 0 saturated carbocycles. The van der Waals surface area contributed by atoms with Crippen molar-refractivity contribution < 1.29 is 4.79 Å². The number of rotatable bonds is 4. The number of nitrogens with one attached hydrogen (secondary N) is 2. The van der Waals surface area contributed by atoms with Crippen molar-refractivity contribution >= 4 is 17.4 Å². The summed E-state index contributed by atoms with van der Waals surface area (Å²) < 4.78 is 1.52. The number of nitrogens with zero attached hydrogens (tertiary/aromatic N) is 4. The fourth-order valence-electron chi connectivity index (χ4n) is 1.92. The Kier molecular flexibility index (Phi) is 3.46. The molecule has 21 heavy (non-hydrogen) atoms. The van der Waals surface area contributed by atoms with Gasteiger partial charge < -0.3 is 0 Å². The highest BCUT2D eigenvalue weighted by molar-refractivity contribution is 5.84. The van der Waals surface area contributed by atoms with E-state index in [-0.39, 0.29) is 11.8 Å². The van der Waals surface area contributed by atoms with Gasteiger partial charge >= 0.3 is 0 Å². The third-order valence-electron chi connectivity index (χ3n) is 3.17. The van der Waals surface area contributed by atoms with Crippen molar-refractivity contribution in [2.45, 2.75) is 12.8 Å². The number of aromatic nitrogens is 4. The maximum absolute atomic E-state index is 12.1. The van der Waals surface area contributed by atoms with Gasteiger partial charge in [0.1, 0.15) is 6.33 Å². The average Bonchev–Trinajstić information content (AvgIpc) is 3.00. The van der Waals surface area contributed by atoms with Crippen LogP contribution >= 0.6 is 0 Å². The number of hydrogen-bond acceptors (Lipinski definition) is 5. The van der Waals surface area contributed by atoms with Gasteiger partial charge in [-0.15, -0.1) is 15.3 Å². The highest BCUT2D eigenvalue weighted by Gasteiger charge is 2.14. The first-order chi connectivity index (χ1) is 10.2. The summed E-state index contributed by atoms with van der Waals surface area (Å²) in [7, 11) is 0. The summed E-state index contributed by atoms with van der Waals surface area (Å²) in [6.45, 7) is 1.85. The van der Waals surface area contributed by atoms with E-state index in [9.17, 15) is 4.79 Å². The van der Waals surface area contributed by atoms with E-state index < -0.39 is 0 Å². The molecule has 3 aromatic rings. The zero-order valence-corrected chi connectivity index (χ0v) is 11.4. The zero-order chi connectivity index (χ0) is 14.7. The lowest BCUT2D eigenvalue weighted by Crippen LogP contribution is -2.33. The first-order valence-corrected chi connectivity index (χ1v) is 6.52. The van der Waals surface area contributed by atoms with Crippen LogP contribution in [0.4, 0.5) is 5.82 Å². The van der Waals surface area contributed by atoms with Gasteiger partial charge in [0.15, 0.2) is 11.5 Å². The van der Waals surface area contributed by atoms with Gasteiger partial charge in [-0.05, 0) is 24.6 Å². The summed E-state index contributed by atoms with van der Waals surface area (Å²) in [5.41, 5.74) is 7.04. The summed E-state index contributed by atoms with van der Waals surface area (Å²) >= 11 is 0. The van der Waals surface area contributed by atoms with Crippen molar-refractivity contribution in [3.05, 3.63) is 54.4 Å². The van der Waals surface area contributed by atoms with Gasteiger partial charge in [-0.1, -0.05) is 30.3 Å². The van der Waals surface area contributed by atoms with Crippen LogP contribution in [0, 0.1) is 0 Å². The van der Waals surface area contributed by atoms with Gasteiger partial charge in [0.05, 0.1) is 5.92 Å². The van der Waals surface area contributed by atoms with E-state index in [1.54, 1.807) is 12.1 Å². The Balaban J connectivity index is 1.65. The molecule has 0 saturated heterocycles. The fourth-order valence-corrected chi connectivity index (χ4v) is 1.92. The predicted molar refractivity (Wildman–Crippen MR) is 77.4 cm³/mol. The van der Waals surface area contributed by atoms with E-state index in [1.165, 1.54) is 10.8 Å². The smallest absolute Gasteiger partial charge is 0.245 e. The largest absolute Gasteiger partial charge is 0.280 e. The highest BCUT2D eigenvalue weighted by Crippen LogP contribution is 2.14. The zero-order valence-electron chi connectivity index (χ0n) is 11.4. The summed E-state index contributed by atoms with van der Waals surface area (Å²) in [5, 5.41) is 11.8. The molecule has 0 radical (unpaired) electrons. The Morgan fingerprint density at radius 1 is 1.19 bits per heavy atom. The van der Waals surface area contributed by atoms with Crippen molar-refractivity contribution in [3.8, 4) is 0 Å². The van der Waals surface area contributed by atoms with E-state index in [0.717, 1.165) is 5.56 Å². The summed E-state index contributed by atoms with van der Waals surface area (Å²) in [6, 6.07) is 13.1. The fraction of sp³-hybridized carbons (Fsp3) is 0.143. The van der Waals surface area contributed by atoms with Crippen molar-refractivity contribution in [2.75, 3.05) is 5.43 Å². The van der Waals surface area contributed by atoms with Gasteiger partial charge in [-0.25, -0.2) is 0 Å². The molecular formula is C14H14N6O. The van der Waals surface area contributed by atoms with Crippen LogP contribution in [0.25, 0.3) is 5.65 Å². The van der Waals surface area contributed by atoms with Gasteiger partial charge in [0, 0.05) is 0 Å². The number of carbonyl (C=O) groups is 1. The second kappa shape index (κ2) is 5.58. The van der Waals surface area contributed by atoms with Crippen LogP contribution in [0.1, 0.15) is 18.4 Å². The molecule has 106 valence electrons. The van der Waals surface area contributed by atoms with Crippen LogP contribution in [0.3, 0.4) is 0 Å². The monoisotopic (exact) mass is 282 g/mol. The molecule has 0 spiro atoms. The number of anilines is 1. The summed E-state index contributed by atoms with van der Waals surface area (Å²) in [5.74, 6) is 0.125. The lowest BCUT2D eigenvalue weighted by molar-refractivity contribution is -0.121. The van der Waals surface area contributed by atoms with Crippen LogP contribution in [-0.4, -0.2) is 25.7 Å². The number of hydrazine groups is 1. The first kappa shape index (κ1) is 13.0. The lowest BCUT2D eigenvalue weighted by Gasteiger charge is -2.13. The number of fused-ring (bicyclic) bond motifs is 1. The number of amides is 1. The Hall–Kier alpha value is -2.96. The molecule has 1 unspecified atom stereocenters. The predicted octanol–water partition coefficient (Wildman–Crippen LogP) is 1.37. The molecule has 0 aliphatic rings. The summed E-state index contributed by atoms with van der Waals surface area (Å²) in [4.78, 5) is 12.1. The minimum absolute atomic E-state index is 0.133. The van der Waals surface area contributed by atoms with Crippen LogP contribution in [0.15, 0.2) is 48.8 Å². The van der Waals surface area contributed by atoms with Crippen LogP contribution in [-0.2, 0) is 4.79 Å². The van der Waals surface area contributed by atoms with E-state index in [4.69, 9.17) is 0 Å². The van der Waals surface area contributed by atoms with Crippen molar-refractivity contribution in [2.24, 2.45) is 0 Å². The first-order valence-electron chi connectivity index (χ1n) is 6.52. The molecule has 0 aliphatic carbocycles. The Bertz CT molecular complexity index is 754. The molecule has 0 bridgehead atoms. The van der Waals surface area contributed by atoms with Crippen molar-refractivity contribution in [1.82, 2.24) is 25.2 Å². The quantitative estimate of drug-likeness (QED) is 0.706. The van der Waals surface area contributed by atoms with Gasteiger partial charge in [0.2, 0.25) is 5.91 Å². The average molecular weight is 282 g/mol. The Morgan fingerprint density at radius 2 is 2.00 bits per heavy atom. The molecule has 3 rings (SSSR count). The second-order valence-electron chi connectivity index (χ2n) is 4.60. The third kappa shape index (κ3) is 2.81. The molecule has 2 N–H and O–H groups in total. The van der Waals surface area contributed by atoms with Gasteiger partial charge in [0.25, 0.3) is 0 Å². The number of benzene rings is 1. The SMILES string of the molecule is CC(C(=O)NNc1ccc2nncn2n1)c1ccccc1. The van der Waals surface area contributed by atoms with Crippen LogP contribution in [0.2, 0.25) is 0 Å². The third-order valence-corrected chi connectivity index (χ3v) is 3.17. The minimum Gasteiger partial charge on any atom is -0.280 e. The second-order valence-corrected chi connectivity index (χ2v) is 4.60. The molecule has 7 nitrogen and oxygen atoms in total. The molecule has 0 fully saturated rings. The van der Waals surface area contributed by atoms with E-state index in [1.807, 2.05) is 37.3 Å². The Morgan fingerprint density at radius 3 is 2.81 bits per heavy atom. The summed E-state index contributed by atoms with van der Waals surface area (Å²) in [6.07, 6.45) is 1.49. The molecule has 1 amide bonds. The van der Waals surface area contributed by atoms with E-state index >= 15 is 0 Å². The Labute approximate surface area is 121 Å². The highest BCUT2D eigenvalue weighted by atomic mass is 16.2. The standard InChI is InChI=1S/C14H14N6O/c1-10(11-5-3-2-4-6-11)14(21)18-16-12-7-8-13-17-15-9-20(13)19-12/h2-10H,1H3,(H,16,19)(H,18,21). The van der Waals surface area contributed by atoms with Crippen LogP contribution in [0.5, 0.6) is 0 Å². The molecule has 7 heteroatoms. The number of hydrogen-bond donors (Lipinski definition) is 2. The topological polar surface area (TPSA) is 84.2 Å². The molecular weight excluding hydrogens is 268 g/mol. The maximum atomic E-state index is 12.1. The van der Waals surface area contributed by atoms with Crippen molar-refractivity contribution in [3.63, 3.8) is 0 Å². The maximum Gasteiger partial charge on any atom is 0.245 e. The number of carbonyl (C=O) groups excluding carboxylic acids is 1. The molecule has 2 aromatic heterocycles. The molecule has 1 aromatic carbocycles. The normalized spacial score (nSPS) is 12.0. The van der Waals surface area contributed by atoms with Crippen molar-refractivity contribution in [1.29, 1.82) is 0 Å². The van der Waals surface area contributed by atoms with E-state index in [0.29, 0.717) is 11.5 Å². The molecule has 2 heterocycles. The van der Waals surface area contributed by atoms with E-state index in [2.05, 4.69) is 26.1 Å². The minimum atomic E-state index is -0.252. The molecule has 1 atom stereocenters. The lowest BCUT2D eigenvalue weighted by atomic mass is 10.0. The van der Waals surface area contributed by atoms with Crippen LogP contribution < -0.4 is 10.9 Å².